The fourth-order valence-electron chi connectivity index (χ4n) is 3.84. The highest BCUT2D eigenvalue weighted by atomic mass is 32.2. The third-order valence-electron chi connectivity index (χ3n) is 5.50. The van der Waals surface area contributed by atoms with Crippen LogP contribution in [-0.2, 0) is 14.4 Å². The molecule has 0 saturated carbocycles. The van der Waals surface area contributed by atoms with Crippen LogP contribution in [0.5, 0.6) is 0 Å². The Morgan fingerprint density at radius 1 is 1.21 bits per heavy atom. The topological polar surface area (TPSA) is 90.0 Å². The van der Waals surface area contributed by atoms with Crippen molar-refractivity contribution >= 4 is 40.9 Å². The fourth-order valence-corrected chi connectivity index (χ4v) is 4.53. The van der Waals surface area contributed by atoms with Gasteiger partial charge in [-0.25, -0.2) is 4.79 Å². The second kappa shape index (κ2) is 10.0. The Balaban J connectivity index is 1.58. The zero-order valence-electron chi connectivity index (χ0n) is 16.8. The Bertz CT molecular complexity index is 734. The average Bonchev–Trinajstić information content (AvgIpc) is 3.37. The molecule has 3 rings (SSSR count). The van der Waals surface area contributed by atoms with E-state index in [-0.39, 0.29) is 24.8 Å². The first-order chi connectivity index (χ1) is 14.0. The lowest BCUT2D eigenvalue weighted by atomic mass is 10.1. The van der Waals surface area contributed by atoms with Gasteiger partial charge in [0.2, 0.25) is 11.8 Å². The van der Waals surface area contributed by atoms with Crippen LogP contribution in [0.1, 0.15) is 32.6 Å². The minimum atomic E-state index is -1.03. The van der Waals surface area contributed by atoms with E-state index in [1.165, 1.54) is 12.8 Å². The smallest absolute Gasteiger partial charge is 0.326 e. The van der Waals surface area contributed by atoms with E-state index in [0.29, 0.717) is 12.2 Å². The van der Waals surface area contributed by atoms with E-state index < -0.39 is 17.9 Å². The molecule has 2 atom stereocenters. The van der Waals surface area contributed by atoms with Crippen LogP contribution in [0.15, 0.2) is 24.3 Å². The summed E-state index contributed by atoms with van der Waals surface area (Å²) < 4.78 is 0. The van der Waals surface area contributed by atoms with Gasteiger partial charge < -0.3 is 20.2 Å². The highest BCUT2D eigenvalue weighted by Crippen LogP contribution is 2.28. The zero-order valence-corrected chi connectivity index (χ0v) is 17.6. The standard InChI is InChI=1S/C21H29N3O4S/c1-2-29-12-9-18(21(27)28)22-20(26)15-13-19(25)24(14-15)17-7-5-16(6-8-17)23-10-3-4-11-23/h5-8,15,18H,2-4,9-14H2,1H3,(H,22,26)(H,27,28). The first-order valence-corrected chi connectivity index (χ1v) is 11.4. The number of carbonyl (C=O) groups excluding carboxylic acids is 2. The Kier molecular flexibility index (Phi) is 7.41. The van der Waals surface area contributed by atoms with Crippen LogP contribution < -0.4 is 15.1 Å². The molecule has 1 aromatic carbocycles. The molecule has 2 saturated heterocycles. The lowest BCUT2D eigenvalue weighted by Gasteiger charge is -2.21. The van der Waals surface area contributed by atoms with E-state index in [9.17, 15) is 19.5 Å². The maximum atomic E-state index is 12.6. The second-order valence-corrected chi connectivity index (χ2v) is 8.89. The summed E-state index contributed by atoms with van der Waals surface area (Å²) in [6.07, 6.45) is 2.90. The summed E-state index contributed by atoms with van der Waals surface area (Å²) in [5.74, 6) is -0.443. The van der Waals surface area contributed by atoms with Gasteiger partial charge in [0, 0.05) is 37.4 Å². The molecule has 0 aromatic heterocycles. The van der Waals surface area contributed by atoms with E-state index >= 15 is 0 Å². The molecule has 2 fully saturated rings. The van der Waals surface area contributed by atoms with E-state index in [0.717, 1.165) is 30.2 Å². The largest absolute Gasteiger partial charge is 0.480 e. The Labute approximate surface area is 175 Å². The summed E-state index contributed by atoms with van der Waals surface area (Å²) in [5.41, 5.74) is 1.93. The number of carbonyl (C=O) groups is 3. The zero-order chi connectivity index (χ0) is 20.8. The molecule has 2 heterocycles. The molecule has 2 aliphatic heterocycles. The Hall–Kier alpha value is -2.22. The fraction of sp³-hybridized carbons (Fsp3) is 0.571. The van der Waals surface area contributed by atoms with Crippen LogP contribution in [0.2, 0.25) is 0 Å². The molecule has 1 aromatic rings. The summed E-state index contributed by atoms with van der Waals surface area (Å²) in [6.45, 7) is 4.41. The maximum absolute atomic E-state index is 12.6. The number of carboxylic acids is 1. The number of amides is 2. The summed E-state index contributed by atoms with van der Waals surface area (Å²) in [7, 11) is 0. The molecular weight excluding hydrogens is 390 g/mol. The molecule has 29 heavy (non-hydrogen) atoms. The van der Waals surface area contributed by atoms with Crippen molar-refractivity contribution in [1.29, 1.82) is 0 Å². The first kappa shape index (κ1) is 21.5. The highest BCUT2D eigenvalue weighted by molar-refractivity contribution is 7.99. The number of carboxylic acid groups (broad SMARTS) is 1. The van der Waals surface area contributed by atoms with Gasteiger partial charge in [-0.05, 0) is 55.0 Å². The molecule has 7 nitrogen and oxygen atoms in total. The van der Waals surface area contributed by atoms with Gasteiger partial charge in [-0.1, -0.05) is 6.92 Å². The highest BCUT2D eigenvalue weighted by Gasteiger charge is 2.36. The van der Waals surface area contributed by atoms with Crippen LogP contribution in [0.4, 0.5) is 11.4 Å². The van der Waals surface area contributed by atoms with Crippen LogP contribution in [0.25, 0.3) is 0 Å². The Morgan fingerprint density at radius 2 is 1.86 bits per heavy atom. The Morgan fingerprint density at radius 3 is 2.48 bits per heavy atom. The van der Waals surface area contributed by atoms with Gasteiger partial charge in [-0.2, -0.15) is 11.8 Å². The number of hydrogen-bond donors (Lipinski definition) is 2. The third kappa shape index (κ3) is 5.44. The van der Waals surface area contributed by atoms with Crippen LogP contribution >= 0.6 is 11.8 Å². The van der Waals surface area contributed by atoms with Crippen molar-refractivity contribution in [2.45, 2.75) is 38.6 Å². The van der Waals surface area contributed by atoms with Crippen molar-refractivity contribution in [3.05, 3.63) is 24.3 Å². The van der Waals surface area contributed by atoms with Crippen molar-refractivity contribution in [3.8, 4) is 0 Å². The predicted molar refractivity (Wildman–Crippen MR) is 116 cm³/mol. The summed E-state index contributed by atoms with van der Waals surface area (Å²) in [6, 6.07) is 6.98. The van der Waals surface area contributed by atoms with Gasteiger partial charge in [0.05, 0.1) is 5.92 Å². The molecule has 2 amide bonds. The minimum absolute atomic E-state index is 0.104. The van der Waals surface area contributed by atoms with Gasteiger partial charge in [0.25, 0.3) is 0 Å². The van der Waals surface area contributed by atoms with Crippen LogP contribution in [0.3, 0.4) is 0 Å². The molecular formula is C21H29N3O4S. The lowest BCUT2D eigenvalue weighted by Crippen LogP contribution is -2.44. The number of nitrogens with one attached hydrogen (secondary N) is 1. The quantitative estimate of drug-likeness (QED) is 0.597. The third-order valence-corrected chi connectivity index (χ3v) is 6.43. The van der Waals surface area contributed by atoms with Crippen molar-refractivity contribution in [1.82, 2.24) is 5.32 Å². The normalized spacial score (nSPS) is 20.2. The van der Waals surface area contributed by atoms with Gasteiger partial charge in [-0.15, -0.1) is 0 Å². The number of aliphatic carboxylic acids is 1. The monoisotopic (exact) mass is 419 g/mol. The van der Waals surface area contributed by atoms with Gasteiger partial charge in [-0.3, -0.25) is 9.59 Å². The molecule has 0 spiro atoms. The van der Waals surface area contributed by atoms with E-state index in [1.54, 1.807) is 16.7 Å². The number of hydrogen-bond acceptors (Lipinski definition) is 5. The average molecular weight is 420 g/mol. The molecule has 2 unspecified atom stereocenters. The maximum Gasteiger partial charge on any atom is 0.326 e. The number of anilines is 2. The van der Waals surface area contributed by atoms with Crippen LogP contribution in [-0.4, -0.2) is 60.1 Å². The molecule has 2 N–H and O–H groups in total. The molecule has 0 aliphatic carbocycles. The SMILES string of the molecule is CCSCCC(NC(=O)C1CC(=O)N(c2ccc(N3CCCC3)cc2)C1)C(=O)O. The summed E-state index contributed by atoms with van der Waals surface area (Å²) in [5, 5.41) is 12.0. The van der Waals surface area contributed by atoms with Gasteiger partial charge in [0.15, 0.2) is 0 Å². The van der Waals surface area contributed by atoms with Crippen molar-refractivity contribution in [2.24, 2.45) is 5.92 Å². The number of nitrogens with zero attached hydrogens (tertiary/aromatic N) is 2. The van der Waals surface area contributed by atoms with E-state index in [4.69, 9.17) is 0 Å². The predicted octanol–water partition coefficient (Wildman–Crippen LogP) is 2.35. The second-order valence-electron chi connectivity index (χ2n) is 7.50. The molecule has 8 heteroatoms. The first-order valence-electron chi connectivity index (χ1n) is 10.3. The van der Waals surface area contributed by atoms with Gasteiger partial charge in [0.1, 0.15) is 6.04 Å². The summed E-state index contributed by atoms with van der Waals surface area (Å²) in [4.78, 5) is 40.4. The molecule has 0 radical (unpaired) electrons. The van der Waals surface area contributed by atoms with Gasteiger partial charge >= 0.3 is 5.97 Å². The number of thioether (sulfide) groups is 1. The van der Waals surface area contributed by atoms with E-state index in [1.807, 2.05) is 31.2 Å². The van der Waals surface area contributed by atoms with Crippen molar-refractivity contribution in [3.63, 3.8) is 0 Å². The molecule has 158 valence electrons. The minimum Gasteiger partial charge on any atom is -0.480 e. The van der Waals surface area contributed by atoms with Crippen molar-refractivity contribution < 1.29 is 19.5 Å². The lowest BCUT2D eigenvalue weighted by molar-refractivity contribution is -0.142. The number of benzene rings is 1. The van der Waals surface area contributed by atoms with Crippen molar-refractivity contribution in [2.75, 3.05) is 40.9 Å². The summed E-state index contributed by atoms with van der Waals surface area (Å²) >= 11 is 1.64. The van der Waals surface area contributed by atoms with E-state index in [2.05, 4.69) is 10.2 Å². The molecule has 2 aliphatic rings. The number of rotatable bonds is 9. The van der Waals surface area contributed by atoms with Crippen LogP contribution in [0, 0.1) is 5.92 Å². The molecule has 0 bridgehead atoms.